The van der Waals surface area contributed by atoms with Gasteiger partial charge in [0.25, 0.3) is 0 Å². The summed E-state index contributed by atoms with van der Waals surface area (Å²) in [7, 11) is 0. The fraction of sp³-hybridized carbons (Fsp3) is 0.333. The van der Waals surface area contributed by atoms with Gasteiger partial charge in [0.05, 0.1) is 11.7 Å². The minimum Gasteiger partial charge on any atom is -0.356 e. The predicted octanol–water partition coefficient (Wildman–Crippen LogP) is 3.80. The number of aryl methyl sites for hydroxylation is 2. The summed E-state index contributed by atoms with van der Waals surface area (Å²) in [6, 6.07) is 16.5. The molecule has 2 heterocycles. The van der Waals surface area contributed by atoms with Crippen LogP contribution in [0.3, 0.4) is 0 Å². The summed E-state index contributed by atoms with van der Waals surface area (Å²) in [5.74, 6) is 1.20. The number of aromatic nitrogens is 2. The molecule has 130 valence electrons. The quantitative estimate of drug-likeness (QED) is 0.605. The third-order valence-electron chi connectivity index (χ3n) is 4.38. The van der Waals surface area contributed by atoms with Gasteiger partial charge in [0.1, 0.15) is 5.82 Å². The van der Waals surface area contributed by atoms with E-state index in [1.54, 1.807) is 0 Å². The van der Waals surface area contributed by atoms with Crippen molar-refractivity contribution in [1.29, 1.82) is 0 Å². The zero-order valence-electron chi connectivity index (χ0n) is 14.5. The molecule has 0 saturated heterocycles. The van der Waals surface area contributed by atoms with Gasteiger partial charge in [-0.3, -0.25) is 4.79 Å². The molecular formula is C21H25N3O. The fourth-order valence-electron chi connectivity index (χ4n) is 3.01. The van der Waals surface area contributed by atoms with E-state index in [1.165, 1.54) is 5.56 Å². The van der Waals surface area contributed by atoms with Crippen molar-refractivity contribution < 1.29 is 4.79 Å². The van der Waals surface area contributed by atoms with Crippen LogP contribution >= 0.6 is 0 Å². The van der Waals surface area contributed by atoms with Gasteiger partial charge in [-0.1, -0.05) is 36.4 Å². The average molecular weight is 335 g/mol. The lowest BCUT2D eigenvalue weighted by Crippen LogP contribution is -2.24. The van der Waals surface area contributed by atoms with E-state index in [0.29, 0.717) is 13.0 Å². The molecule has 0 bridgehead atoms. The maximum absolute atomic E-state index is 11.9. The Balaban J connectivity index is 1.29. The summed E-state index contributed by atoms with van der Waals surface area (Å²) in [5, 5.41) is 3.02. The molecule has 0 aliphatic rings. The number of carbonyl (C=O) groups excluding carboxylic acids is 1. The van der Waals surface area contributed by atoms with Crippen LogP contribution in [0.25, 0.3) is 5.52 Å². The van der Waals surface area contributed by atoms with Gasteiger partial charge in [0.2, 0.25) is 5.91 Å². The predicted molar refractivity (Wildman–Crippen MR) is 101 cm³/mol. The van der Waals surface area contributed by atoms with E-state index in [9.17, 15) is 4.79 Å². The second-order valence-corrected chi connectivity index (χ2v) is 6.32. The van der Waals surface area contributed by atoms with Crippen LogP contribution in [0, 0.1) is 0 Å². The molecule has 0 radical (unpaired) electrons. The van der Waals surface area contributed by atoms with Crippen molar-refractivity contribution in [2.75, 3.05) is 6.54 Å². The maximum Gasteiger partial charge on any atom is 0.219 e. The zero-order chi connectivity index (χ0) is 17.3. The molecule has 1 aromatic carbocycles. The van der Waals surface area contributed by atoms with Crippen LogP contribution in [0.5, 0.6) is 0 Å². The van der Waals surface area contributed by atoms with Crippen LogP contribution in [0.15, 0.2) is 60.9 Å². The van der Waals surface area contributed by atoms with Gasteiger partial charge in [-0.15, -0.1) is 0 Å². The number of carbonyl (C=O) groups is 1. The van der Waals surface area contributed by atoms with Crippen molar-refractivity contribution in [3.63, 3.8) is 0 Å². The van der Waals surface area contributed by atoms with E-state index >= 15 is 0 Å². The first-order valence-corrected chi connectivity index (χ1v) is 9.04. The van der Waals surface area contributed by atoms with Gasteiger partial charge < -0.3 is 9.72 Å². The van der Waals surface area contributed by atoms with Gasteiger partial charge in [0.15, 0.2) is 0 Å². The van der Waals surface area contributed by atoms with Crippen molar-refractivity contribution in [3.05, 3.63) is 72.3 Å². The van der Waals surface area contributed by atoms with Crippen LogP contribution in [0.1, 0.15) is 37.1 Å². The molecule has 3 rings (SSSR count). The Morgan fingerprint density at radius 1 is 0.960 bits per heavy atom. The maximum atomic E-state index is 11.9. The molecule has 4 nitrogen and oxygen atoms in total. The van der Waals surface area contributed by atoms with E-state index in [1.807, 2.05) is 36.7 Å². The van der Waals surface area contributed by atoms with E-state index in [-0.39, 0.29) is 5.91 Å². The number of hydrogen-bond donors (Lipinski definition) is 1. The summed E-state index contributed by atoms with van der Waals surface area (Å²) in [6.45, 7) is 0.708. The number of fused-ring (bicyclic) bond motifs is 1. The molecular weight excluding hydrogens is 310 g/mol. The Bertz CT molecular complexity index is 795. The topological polar surface area (TPSA) is 46.4 Å². The molecule has 0 atom stereocenters. The minimum atomic E-state index is 0.154. The molecule has 2 aromatic heterocycles. The molecule has 0 saturated carbocycles. The minimum absolute atomic E-state index is 0.154. The zero-order valence-corrected chi connectivity index (χ0v) is 14.5. The number of imidazole rings is 1. The SMILES string of the molecule is O=C(CCCCc1ccccc1)NCCCc1ncc2ccccn12. The van der Waals surface area contributed by atoms with E-state index in [4.69, 9.17) is 0 Å². The van der Waals surface area contributed by atoms with E-state index < -0.39 is 0 Å². The molecule has 1 amide bonds. The van der Waals surface area contributed by atoms with Crippen LogP contribution in [-0.4, -0.2) is 21.8 Å². The van der Waals surface area contributed by atoms with Gasteiger partial charge in [0, 0.05) is 25.6 Å². The van der Waals surface area contributed by atoms with Crippen LogP contribution < -0.4 is 5.32 Å². The molecule has 0 fully saturated rings. The molecule has 1 N–H and O–H groups in total. The van der Waals surface area contributed by atoms with Crippen LogP contribution in [0.4, 0.5) is 0 Å². The lowest BCUT2D eigenvalue weighted by atomic mass is 10.1. The van der Waals surface area contributed by atoms with Crippen molar-refractivity contribution in [1.82, 2.24) is 14.7 Å². The Hall–Kier alpha value is -2.62. The monoisotopic (exact) mass is 335 g/mol. The lowest BCUT2D eigenvalue weighted by molar-refractivity contribution is -0.121. The highest BCUT2D eigenvalue weighted by atomic mass is 16.1. The number of unbranched alkanes of at least 4 members (excludes halogenated alkanes) is 1. The molecule has 0 aliphatic heterocycles. The number of hydrogen-bond acceptors (Lipinski definition) is 2. The van der Waals surface area contributed by atoms with Crippen LogP contribution in [0.2, 0.25) is 0 Å². The molecule has 0 spiro atoms. The molecule has 25 heavy (non-hydrogen) atoms. The van der Waals surface area contributed by atoms with Crippen molar-refractivity contribution in [2.45, 2.75) is 38.5 Å². The van der Waals surface area contributed by atoms with Crippen molar-refractivity contribution in [2.24, 2.45) is 0 Å². The number of amides is 1. The Morgan fingerprint density at radius 3 is 2.68 bits per heavy atom. The van der Waals surface area contributed by atoms with Crippen LogP contribution in [-0.2, 0) is 17.6 Å². The first-order valence-electron chi connectivity index (χ1n) is 9.04. The Morgan fingerprint density at radius 2 is 1.80 bits per heavy atom. The highest BCUT2D eigenvalue weighted by molar-refractivity contribution is 5.75. The van der Waals surface area contributed by atoms with Gasteiger partial charge in [-0.25, -0.2) is 4.98 Å². The standard InChI is InChI=1S/C21H25N3O/c25-21(14-5-4-11-18-9-2-1-3-10-18)22-15-8-13-20-23-17-19-12-6-7-16-24(19)20/h1-3,6-7,9-10,12,16-17H,4-5,8,11,13-15H2,(H,22,25). The number of nitrogens with one attached hydrogen (secondary N) is 1. The second-order valence-electron chi connectivity index (χ2n) is 6.32. The summed E-state index contributed by atoms with van der Waals surface area (Å²) in [4.78, 5) is 16.3. The van der Waals surface area contributed by atoms with Gasteiger partial charge in [-0.05, 0) is 43.4 Å². The average Bonchev–Trinajstić information content (AvgIpc) is 3.06. The highest BCUT2D eigenvalue weighted by Gasteiger charge is 2.04. The molecule has 3 aromatic rings. The number of pyridine rings is 1. The summed E-state index contributed by atoms with van der Waals surface area (Å²) < 4.78 is 2.10. The lowest BCUT2D eigenvalue weighted by Gasteiger charge is -2.05. The largest absolute Gasteiger partial charge is 0.356 e. The smallest absolute Gasteiger partial charge is 0.219 e. The normalized spacial score (nSPS) is 10.9. The molecule has 0 aliphatic carbocycles. The van der Waals surface area contributed by atoms with Gasteiger partial charge in [-0.2, -0.15) is 0 Å². The van der Waals surface area contributed by atoms with Crippen molar-refractivity contribution in [3.8, 4) is 0 Å². The molecule has 0 unspecified atom stereocenters. The number of benzene rings is 1. The number of rotatable bonds is 9. The second kappa shape index (κ2) is 9.02. The number of nitrogens with zero attached hydrogens (tertiary/aromatic N) is 2. The van der Waals surface area contributed by atoms with E-state index in [2.05, 4.69) is 39.0 Å². The first kappa shape index (κ1) is 17.2. The molecule has 4 heteroatoms. The van der Waals surface area contributed by atoms with Crippen molar-refractivity contribution >= 4 is 11.4 Å². The Kier molecular flexibility index (Phi) is 6.21. The summed E-state index contributed by atoms with van der Waals surface area (Å²) >= 11 is 0. The van der Waals surface area contributed by atoms with E-state index in [0.717, 1.165) is 43.4 Å². The summed E-state index contributed by atoms with van der Waals surface area (Å²) in [5.41, 5.74) is 2.45. The van der Waals surface area contributed by atoms with Gasteiger partial charge >= 0.3 is 0 Å². The Labute approximate surface area is 148 Å². The third kappa shape index (κ3) is 5.18. The summed E-state index contributed by atoms with van der Waals surface area (Å²) in [6.07, 6.45) is 9.34. The highest BCUT2D eigenvalue weighted by Crippen LogP contribution is 2.08. The third-order valence-corrected chi connectivity index (χ3v) is 4.38. The first-order chi connectivity index (χ1) is 12.3. The fourth-order valence-corrected chi connectivity index (χ4v) is 3.01.